The zero-order chi connectivity index (χ0) is 18.5. The molecule has 0 aliphatic carbocycles. The minimum absolute atomic E-state index is 0.0119. The van der Waals surface area contributed by atoms with Crippen molar-refractivity contribution in [2.45, 2.75) is 23.8 Å². The number of benzene rings is 1. The predicted molar refractivity (Wildman–Crippen MR) is 101 cm³/mol. The van der Waals surface area contributed by atoms with Crippen LogP contribution >= 0.6 is 15.9 Å². The maximum absolute atomic E-state index is 13.3. The molecule has 26 heavy (non-hydrogen) atoms. The fourth-order valence-corrected chi connectivity index (χ4v) is 6.30. The summed E-state index contributed by atoms with van der Waals surface area (Å²) in [6.45, 7) is 1.35. The van der Waals surface area contributed by atoms with Gasteiger partial charge in [0.1, 0.15) is 10.6 Å². The van der Waals surface area contributed by atoms with E-state index < -0.39 is 10.0 Å². The first kappa shape index (κ1) is 17.8. The number of methoxy groups -OCH3 is 1. The Morgan fingerprint density at radius 3 is 2.73 bits per heavy atom. The Bertz CT molecular complexity index is 1020. The van der Waals surface area contributed by atoms with E-state index in [-0.39, 0.29) is 22.3 Å². The van der Waals surface area contributed by atoms with Crippen LogP contribution < -0.4 is 10.3 Å². The second-order valence-corrected chi connectivity index (χ2v) is 9.64. The van der Waals surface area contributed by atoms with Crippen molar-refractivity contribution in [3.05, 3.63) is 56.9 Å². The fourth-order valence-electron chi connectivity index (χ4n) is 4.04. The van der Waals surface area contributed by atoms with Crippen LogP contribution in [0.15, 0.2) is 50.6 Å². The van der Waals surface area contributed by atoms with Crippen LogP contribution in [0.25, 0.3) is 0 Å². The van der Waals surface area contributed by atoms with Crippen LogP contribution in [0.4, 0.5) is 0 Å². The lowest BCUT2D eigenvalue weighted by atomic mass is 9.84. The summed E-state index contributed by atoms with van der Waals surface area (Å²) in [6, 6.07) is 10.2. The van der Waals surface area contributed by atoms with Crippen LogP contribution in [0.3, 0.4) is 0 Å². The number of hydrogen-bond donors (Lipinski definition) is 0. The van der Waals surface area contributed by atoms with Gasteiger partial charge in [0.15, 0.2) is 0 Å². The Balaban J connectivity index is 1.73. The highest BCUT2D eigenvalue weighted by molar-refractivity contribution is 9.10. The van der Waals surface area contributed by atoms with E-state index in [1.807, 2.05) is 6.07 Å². The van der Waals surface area contributed by atoms with Crippen molar-refractivity contribution in [3.63, 3.8) is 0 Å². The molecular weight excluding hydrogens is 420 g/mol. The number of rotatable bonds is 3. The molecule has 4 rings (SSSR count). The summed E-state index contributed by atoms with van der Waals surface area (Å²) in [4.78, 5) is 12.3. The van der Waals surface area contributed by atoms with Gasteiger partial charge in [-0.3, -0.25) is 4.79 Å². The molecule has 2 atom stereocenters. The molecule has 1 aromatic heterocycles. The molecule has 2 bridgehead atoms. The summed E-state index contributed by atoms with van der Waals surface area (Å²) in [7, 11) is -2.22. The molecule has 0 spiro atoms. The molecule has 0 unspecified atom stereocenters. The third-order valence-corrected chi connectivity index (χ3v) is 7.54. The van der Waals surface area contributed by atoms with E-state index in [1.165, 1.54) is 11.4 Å². The van der Waals surface area contributed by atoms with Gasteiger partial charge in [0.2, 0.25) is 10.0 Å². The van der Waals surface area contributed by atoms with E-state index in [0.717, 1.165) is 12.1 Å². The standard InChI is InChI=1S/C18H19BrN2O4S/c1-25-16-6-5-14(19)8-17(16)26(23,24)20-9-12-7-13(11-20)15-3-2-4-18(22)21(15)10-12/h2-6,8,12-13H,7,9-11H2,1H3/t12-,13+/m1/s1. The highest BCUT2D eigenvalue weighted by Crippen LogP contribution is 2.38. The number of sulfonamides is 1. The lowest BCUT2D eigenvalue weighted by molar-refractivity contribution is 0.186. The van der Waals surface area contributed by atoms with Crippen molar-refractivity contribution in [1.82, 2.24) is 8.87 Å². The third kappa shape index (κ3) is 2.90. The number of halogens is 1. The first-order valence-electron chi connectivity index (χ1n) is 8.43. The van der Waals surface area contributed by atoms with Crippen molar-refractivity contribution in [2.75, 3.05) is 20.2 Å². The molecular formula is C18H19BrN2O4S. The molecule has 8 heteroatoms. The SMILES string of the molecule is COc1ccc(Br)cc1S(=O)(=O)N1C[C@H]2C[C@@H](C1)c1cccc(=O)n1C2. The van der Waals surface area contributed by atoms with Crippen LogP contribution in [0.2, 0.25) is 0 Å². The van der Waals surface area contributed by atoms with Gasteiger partial charge < -0.3 is 9.30 Å². The molecule has 138 valence electrons. The van der Waals surface area contributed by atoms with E-state index >= 15 is 0 Å². The topological polar surface area (TPSA) is 68.6 Å². The molecule has 1 fully saturated rings. The molecule has 0 N–H and O–H groups in total. The maximum atomic E-state index is 13.3. The molecule has 0 saturated carbocycles. The molecule has 3 heterocycles. The predicted octanol–water partition coefficient (Wildman–Crippen LogP) is 2.43. The monoisotopic (exact) mass is 438 g/mol. The molecule has 0 radical (unpaired) electrons. The second kappa shape index (κ2) is 6.51. The van der Waals surface area contributed by atoms with E-state index in [9.17, 15) is 13.2 Å². The van der Waals surface area contributed by atoms with Gasteiger partial charge in [-0.1, -0.05) is 22.0 Å². The number of fused-ring (bicyclic) bond motifs is 4. The van der Waals surface area contributed by atoms with Gasteiger partial charge in [-0.05, 0) is 36.6 Å². The second-order valence-electron chi connectivity index (χ2n) is 6.82. The van der Waals surface area contributed by atoms with Crippen LogP contribution in [0.5, 0.6) is 5.75 Å². The zero-order valence-corrected chi connectivity index (χ0v) is 16.7. The summed E-state index contributed by atoms with van der Waals surface area (Å²) in [5.74, 6) is 0.499. The number of pyridine rings is 1. The average molecular weight is 439 g/mol. The van der Waals surface area contributed by atoms with Gasteiger partial charge >= 0.3 is 0 Å². The van der Waals surface area contributed by atoms with Crippen molar-refractivity contribution in [2.24, 2.45) is 5.92 Å². The van der Waals surface area contributed by atoms with Gasteiger partial charge in [-0.15, -0.1) is 0 Å². The first-order valence-corrected chi connectivity index (χ1v) is 10.7. The van der Waals surface area contributed by atoms with E-state index in [4.69, 9.17) is 4.74 Å². The van der Waals surface area contributed by atoms with Gasteiger partial charge in [0.05, 0.1) is 7.11 Å². The Labute approximate surface area is 160 Å². The quantitative estimate of drug-likeness (QED) is 0.737. The lowest BCUT2D eigenvalue weighted by Crippen LogP contribution is -2.49. The minimum Gasteiger partial charge on any atom is -0.495 e. The van der Waals surface area contributed by atoms with Crippen molar-refractivity contribution >= 4 is 26.0 Å². The summed E-state index contributed by atoms with van der Waals surface area (Å²) < 4.78 is 35.9. The van der Waals surface area contributed by atoms with Crippen molar-refractivity contribution in [3.8, 4) is 5.75 Å². The van der Waals surface area contributed by atoms with E-state index in [0.29, 0.717) is 29.9 Å². The van der Waals surface area contributed by atoms with Gasteiger partial charge in [0, 0.05) is 41.8 Å². The number of hydrogen-bond acceptors (Lipinski definition) is 4. The van der Waals surface area contributed by atoms with Gasteiger partial charge in [0.25, 0.3) is 5.56 Å². The Morgan fingerprint density at radius 2 is 1.96 bits per heavy atom. The van der Waals surface area contributed by atoms with Gasteiger partial charge in [-0.2, -0.15) is 4.31 Å². The van der Waals surface area contributed by atoms with Crippen LogP contribution in [-0.4, -0.2) is 37.5 Å². The normalized spacial score (nSPS) is 22.7. The summed E-state index contributed by atoms with van der Waals surface area (Å²) >= 11 is 3.34. The minimum atomic E-state index is -3.69. The first-order chi connectivity index (χ1) is 12.4. The molecule has 2 aromatic rings. The van der Waals surface area contributed by atoms with E-state index in [2.05, 4.69) is 15.9 Å². The Kier molecular flexibility index (Phi) is 4.45. The van der Waals surface area contributed by atoms with Crippen LogP contribution in [0.1, 0.15) is 18.0 Å². The number of piperidine rings is 1. The highest BCUT2D eigenvalue weighted by atomic mass is 79.9. The zero-order valence-electron chi connectivity index (χ0n) is 14.3. The van der Waals surface area contributed by atoms with Gasteiger partial charge in [-0.25, -0.2) is 8.42 Å². The summed E-state index contributed by atoms with van der Waals surface area (Å²) in [5.41, 5.74) is 0.914. The smallest absolute Gasteiger partial charge is 0.250 e. The van der Waals surface area contributed by atoms with Crippen molar-refractivity contribution < 1.29 is 13.2 Å². The molecule has 2 aliphatic heterocycles. The molecule has 2 aliphatic rings. The van der Waals surface area contributed by atoms with E-state index in [1.54, 1.807) is 34.9 Å². The Morgan fingerprint density at radius 1 is 1.15 bits per heavy atom. The summed E-state index contributed by atoms with van der Waals surface area (Å²) in [6.07, 6.45) is 0.908. The maximum Gasteiger partial charge on any atom is 0.250 e. The average Bonchev–Trinajstić information content (AvgIpc) is 2.62. The lowest BCUT2D eigenvalue weighted by Gasteiger charge is -2.42. The largest absolute Gasteiger partial charge is 0.495 e. The van der Waals surface area contributed by atoms with Crippen LogP contribution in [0, 0.1) is 5.92 Å². The summed E-state index contributed by atoms with van der Waals surface area (Å²) in [5, 5.41) is 0. The Hall–Kier alpha value is -1.64. The van der Waals surface area contributed by atoms with Crippen molar-refractivity contribution in [1.29, 1.82) is 0 Å². The number of aromatic nitrogens is 1. The molecule has 6 nitrogen and oxygen atoms in total. The van der Waals surface area contributed by atoms with Crippen LogP contribution in [-0.2, 0) is 16.6 Å². The number of nitrogens with zero attached hydrogens (tertiary/aromatic N) is 2. The molecule has 0 amide bonds. The third-order valence-electron chi connectivity index (χ3n) is 5.19. The fraction of sp³-hybridized carbons (Fsp3) is 0.389. The highest BCUT2D eigenvalue weighted by Gasteiger charge is 2.40. The number of ether oxygens (including phenoxy) is 1. The molecule has 1 aromatic carbocycles. The molecule has 1 saturated heterocycles.